The molecule has 22 heavy (non-hydrogen) atoms. The number of cyclic esters (lactones) is 1. The first-order valence-corrected chi connectivity index (χ1v) is 7.01. The van der Waals surface area contributed by atoms with E-state index in [-0.39, 0.29) is 11.7 Å². The summed E-state index contributed by atoms with van der Waals surface area (Å²) >= 11 is 0. The van der Waals surface area contributed by atoms with Gasteiger partial charge in [0.25, 0.3) is 0 Å². The maximum Gasteiger partial charge on any atom is 0.379 e. The Bertz CT molecular complexity index is 740. The summed E-state index contributed by atoms with van der Waals surface area (Å²) < 4.78 is 15.5. The van der Waals surface area contributed by atoms with Gasteiger partial charge in [-0.3, -0.25) is 0 Å². The minimum Gasteiger partial charge on any atom is -0.457 e. The molecule has 3 rings (SSSR count). The van der Waals surface area contributed by atoms with Crippen LogP contribution in [0.15, 0.2) is 47.1 Å². The topological polar surface area (TPSA) is 65.7 Å². The van der Waals surface area contributed by atoms with Gasteiger partial charge in [0.1, 0.15) is 11.5 Å². The van der Waals surface area contributed by atoms with E-state index in [0.29, 0.717) is 22.6 Å². The highest BCUT2D eigenvalue weighted by atomic mass is 16.6. The zero-order valence-electron chi connectivity index (χ0n) is 12.0. The summed E-state index contributed by atoms with van der Waals surface area (Å²) in [5.74, 6) is -0.0105. The van der Waals surface area contributed by atoms with Crippen LogP contribution in [0.4, 0.5) is 0 Å². The highest BCUT2D eigenvalue weighted by Crippen LogP contribution is 2.33. The molecule has 1 aromatic carbocycles. The van der Waals surface area contributed by atoms with Crippen molar-refractivity contribution in [1.82, 2.24) is 0 Å². The third-order valence-corrected chi connectivity index (χ3v) is 3.23. The van der Waals surface area contributed by atoms with Crippen LogP contribution in [0.25, 0.3) is 5.76 Å². The van der Waals surface area contributed by atoms with Crippen molar-refractivity contribution in [2.24, 2.45) is 0 Å². The molecule has 5 heteroatoms. The van der Waals surface area contributed by atoms with Gasteiger partial charge in [-0.25, -0.2) is 9.59 Å². The summed E-state index contributed by atoms with van der Waals surface area (Å²) in [5.41, 5.74) is 1.11. The summed E-state index contributed by atoms with van der Waals surface area (Å²) in [5, 5.41) is 0. The lowest BCUT2D eigenvalue weighted by atomic mass is 10.1. The van der Waals surface area contributed by atoms with Gasteiger partial charge in [0.05, 0.1) is 11.8 Å². The second-order valence-corrected chi connectivity index (χ2v) is 4.82. The molecule has 0 radical (unpaired) electrons. The van der Waals surface area contributed by atoms with Crippen LogP contribution in [0, 0.1) is 0 Å². The van der Waals surface area contributed by atoms with Crippen LogP contribution < -0.4 is 4.74 Å². The van der Waals surface area contributed by atoms with Crippen molar-refractivity contribution in [3.8, 4) is 5.75 Å². The first-order valence-electron chi connectivity index (χ1n) is 7.01. The van der Waals surface area contributed by atoms with Gasteiger partial charge in [0.15, 0.2) is 0 Å². The number of carbonyl (C=O) groups is 2. The van der Waals surface area contributed by atoms with Gasteiger partial charge < -0.3 is 13.9 Å². The quantitative estimate of drug-likeness (QED) is 0.634. The Morgan fingerprint density at radius 2 is 2.14 bits per heavy atom. The number of unbranched alkanes of at least 4 members (excludes halogenated alkanes) is 1. The maximum atomic E-state index is 11.9. The molecule has 2 aromatic rings. The van der Waals surface area contributed by atoms with Crippen molar-refractivity contribution in [3.05, 3.63) is 59.6 Å². The van der Waals surface area contributed by atoms with Crippen molar-refractivity contribution in [2.45, 2.75) is 19.8 Å². The van der Waals surface area contributed by atoms with Crippen LogP contribution in [0.5, 0.6) is 5.75 Å². The molecule has 0 bridgehead atoms. The van der Waals surface area contributed by atoms with E-state index in [1.54, 1.807) is 24.3 Å². The number of ether oxygens (including phenoxy) is 2. The number of hydrogen-bond donors (Lipinski definition) is 0. The minimum atomic E-state index is -0.589. The molecular formula is C17H14O5. The van der Waals surface area contributed by atoms with E-state index >= 15 is 0 Å². The van der Waals surface area contributed by atoms with E-state index in [0.717, 1.165) is 12.8 Å². The SMILES string of the molecule is CCC/C=C1\OC(=O)c2ccc(OC(=O)c3ccco3)cc21. The third kappa shape index (κ3) is 2.65. The fraction of sp³-hybridized carbons (Fsp3) is 0.176. The first kappa shape index (κ1) is 14.1. The standard InChI is InChI=1S/C17H14O5/c1-2-3-5-14-13-10-11(7-8-12(13)16(18)22-14)21-17(19)15-6-4-9-20-15/h4-10H,2-3H2,1H3/b14-5-. The van der Waals surface area contributed by atoms with Crippen molar-refractivity contribution in [3.63, 3.8) is 0 Å². The Kier molecular flexibility index (Phi) is 3.78. The number of fused-ring (bicyclic) bond motifs is 1. The Morgan fingerprint density at radius 3 is 2.86 bits per heavy atom. The highest BCUT2D eigenvalue weighted by molar-refractivity contribution is 6.03. The van der Waals surface area contributed by atoms with Gasteiger partial charge in [0, 0.05) is 5.56 Å². The van der Waals surface area contributed by atoms with Gasteiger partial charge in [-0.05, 0) is 42.8 Å². The largest absolute Gasteiger partial charge is 0.457 e. The lowest BCUT2D eigenvalue weighted by Gasteiger charge is -2.04. The highest BCUT2D eigenvalue weighted by Gasteiger charge is 2.27. The lowest BCUT2D eigenvalue weighted by molar-refractivity contribution is 0.0698. The zero-order chi connectivity index (χ0) is 15.5. The van der Waals surface area contributed by atoms with E-state index in [9.17, 15) is 9.59 Å². The number of esters is 2. The van der Waals surface area contributed by atoms with E-state index in [1.807, 2.05) is 13.0 Å². The average Bonchev–Trinajstić information content (AvgIpc) is 3.14. The summed E-state index contributed by atoms with van der Waals surface area (Å²) in [7, 11) is 0. The Hall–Kier alpha value is -2.82. The Balaban J connectivity index is 1.87. The summed E-state index contributed by atoms with van der Waals surface area (Å²) in [6.45, 7) is 2.04. The number of furan rings is 1. The second kappa shape index (κ2) is 5.89. The maximum absolute atomic E-state index is 11.9. The van der Waals surface area contributed by atoms with Gasteiger partial charge in [0.2, 0.25) is 5.76 Å². The van der Waals surface area contributed by atoms with Crippen molar-refractivity contribution >= 4 is 17.7 Å². The van der Waals surface area contributed by atoms with Gasteiger partial charge in [-0.1, -0.05) is 13.3 Å². The molecule has 0 saturated heterocycles. The molecule has 0 aliphatic carbocycles. The normalized spacial score (nSPS) is 14.8. The molecule has 0 saturated carbocycles. The van der Waals surface area contributed by atoms with Crippen LogP contribution in [-0.4, -0.2) is 11.9 Å². The molecule has 0 spiro atoms. The minimum absolute atomic E-state index is 0.120. The van der Waals surface area contributed by atoms with Gasteiger partial charge >= 0.3 is 11.9 Å². The fourth-order valence-corrected chi connectivity index (χ4v) is 2.16. The number of allylic oxidation sites excluding steroid dienone is 1. The number of hydrogen-bond acceptors (Lipinski definition) is 5. The van der Waals surface area contributed by atoms with Crippen LogP contribution in [0.1, 0.15) is 46.2 Å². The fourth-order valence-electron chi connectivity index (χ4n) is 2.16. The average molecular weight is 298 g/mol. The van der Waals surface area contributed by atoms with E-state index in [1.165, 1.54) is 12.3 Å². The van der Waals surface area contributed by atoms with E-state index in [4.69, 9.17) is 13.9 Å². The zero-order valence-corrected chi connectivity index (χ0v) is 12.0. The summed E-state index contributed by atoms with van der Waals surface area (Å²) in [6, 6.07) is 7.91. The van der Waals surface area contributed by atoms with Crippen LogP contribution >= 0.6 is 0 Å². The molecule has 0 unspecified atom stereocenters. The molecule has 0 amide bonds. The van der Waals surface area contributed by atoms with Crippen molar-refractivity contribution in [1.29, 1.82) is 0 Å². The third-order valence-electron chi connectivity index (χ3n) is 3.23. The lowest BCUT2D eigenvalue weighted by Crippen LogP contribution is -2.07. The van der Waals surface area contributed by atoms with Gasteiger partial charge in [-0.2, -0.15) is 0 Å². The predicted molar refractivity (Wildman–Crippen MR) is 78.4 cm³/mol. The number of benzene rings is 1. The summed E-state index contributed by atoms with van der Waals surface area (Å²) in [6.07, 6.45) is 5.02. The molecule has 1 aromatic heterocycles. The molecule has 0 N–H and O–H groups in total. The molecule has 112 valence electrons. The second-order valence-electron chi connectivity index (χ2n) is 4.82. The monoisotopic (exact) mass is 298 g/mol. The Labute approximate surface area is 127 Å². The van der Waals surface area contributed by atoms with Crippen molar-refractivity contribution in [2.75, 3.05) is 0 Å². The van der Waals surface area contributed by atoms with Crippen LogP contribution in [-0.2, 0) is 4.74 Å². The van der Waals surface area contributed by atoms with E-state index in [2.05, 4.69) is 0 Å². The number of carbonyl (C=O) groups excluding carboxylic acids is 2. The molecule has 0 fully saturated rings. The molecule has 1 aliphatic heterocycles. The molecule has 5 nitrogen and oxygen atoms in total. The van der Waals surface area contributed by atoms with Crippen LogP contribution in [0.2, 0.25) is 0 Å². The molecule has 1 aliphatic rings. The molecule has 2 heterocycles. The van der Waals surface area contributed by atoms with Crippen molar-refractivity contribution < 1.29 is 23.5 Å². The summed E-state index contributed by atoms with van der Waals surface area (Å²) in [4.78, 5) is 23.6. The molecule has 0 atom stereocenters. The first-order chi connectivity index (χ1) is 10.7. The van der Waals surface area contributed by atoms with Crippen LogP contribution in [0.3, 0.4) is 0 Å². The predicted octanol–water partition coefficient (Wildman–Crippen LogP) is 3.81. The molecular weight excluding hydrogens is 284 g/mol. The van der Waals surface area contributed by atoms with Gasteiger partial charge in [-0.15, -0.1) is 0 Å². The number of rotatable bonds is 4. The van der Waals surface area contributed by atoms with E-state index < -0.39 is 5.97 Å². The Morgan fingerprint density at radius 1 is 1.27 bits per heavy atom. The smallest absolute Gasteiger partial charge is 0.379 e.